The smallest absolute Gasteiger partial charge is 0.256 e. The molecule has 3 nitrogen and oxygen atoms in total. The van der Waals surface area contributed by atoms with E-state index in [4.69, 9.17) is 7.85 Å². The summed E-state index contributed by atoms with van der Waals surface area (Å²) >= 11 is 0. The first kappa shape index (κ1) is 10.4. The lowest BCUT2D eigenvalue weighted by Crippen LogP contribution is -2.05. The molecule has 0 unspecified atom stereocenters. The maximum absolute atomic E-state index is 12.1. The van der Waals surface area contributed by atoms with Crippen molar-refractivity contribution in [2.75, 3.05) is 0 Å². The Balaban J connectivity index is 2.36. The van der Waals surface area contributed by atoms with Crippen molar-refractivity contribution in [3.63, 3.8) is 0 Å². The Hall–Kier alpha value is -2.49. The first-order valence-corrected chi connectivity index (χ1v) is 6.06. The zero-order valence-corrected chi connectivity index (χ0v) is 10.0. The van der Waals surface area contributed by atoms with Crippen molar-refractivity contribution >= 4 is 46.0 Å². The predicted octanol–water partition coefficient (Wildman–Crippen LogP) is 1.96. The van der Waals surface area contributed by atoms with Gasteiger partial charge in [-0.2, -0.15) is 0 Å². The predicted molar refractivity (Wildman–Crippen MR) is 79.3 cm³/mol. The SMILES string of the molecule is [B]c1ccc2[nH]c3c4ccccc4c(=O)[nH]c3c2c1. The van der Waals surface area contributed by atoms with E-state index in [1.807, 2.05) is 42.5 Å². The fourth-order valence-electron chi connectivity index (χ4n) is 2.62. The van der Waals surface area contributed by atoms with Crippen LogP contribution in [0.5, 0.6) is 0 Å². The molecule has 4 aromatic rings. The number of hydrogen-bond donors (Lipinski definition) is 2. The maximum atomic E-state index is 12.1. The van der Waals surface area contributed by atoms with Gasteiger partial charge in [0.2, 0.25) is 0 Å². The largest absolute Gasteiger partial charge is 0.353 e. The summed E-state index contributed by atoms with van der Waals surface area (Å²) in [6.45, 7) is 0. The Bertz CT molecular complexity index is 997. The third-order valence-electron chi connectivity index (χ3n) is 3.50. The Morgan fingerprint density at radius 2 is 1.58 bits per heavy atom. The second-order valence-corrected chi connectivity index (χ2v) is 4.68. The van der Waals surface area contributed by atoms with E-state index in [2.05, 4.69) is 9.97 Å². The highest BCUT2D eigenvalue weighted by atomic mass is 16.1. The average molecular weight is 244 g/mol. The molecule has 2 heterocycles. The molecule has 2 aromatic carbocycles. The van der Waals surface area contributed by atoms with Crippen LogP contribution in [-0.4, -0.2) is 17.8 Å². The summed E-state index contributed by atoms with van der Waals surface area (Å²) in [5, 5.41) is 2.56. The van der Waals surface area contributed by atoms with E-state index in [0.29, 0.717) is 10.8 Å². The fourth-order valence-corrected chi connectivity index (χ4v) is 2.62. The normalized spacial score (nSPS) is 11.6. The molecule has 19 heavy (non-hydrogen) atoms. The summed E-state index contributed by atoms with van der Waals surface area (Å²) in [6.07, 6.45) is 0. The van der Waals surface area contributed by atoms with Crippen molar-refractivity contribution in [3.05, 3.63) is 52.8 Å². The molecule has 0 aliphatic heterocycles. The lowest BCUT2D eigenvalue weighted by molar-refractivity contribution is 1.35. The highest BCUT2D eigenvalue weighted by Crippen LogP contribution is 2.26. The molecule has 0 atom stereocenters. The molecule has 2 radical (unpaired) electrons. The minimum Gasteiger partial charge on any atom is -0.353 e. The van der Waals surface area contributed by atoms with Gasteiger partial charge in [-0.25, -0.2) is 0 Å². The minimum absolute atomic E-state index is 0.0774. The number of benzene rings is 2. The Morgan fingerprint density at radius 3 is 2.42 bits per heavy atom. The molecular formula is C15H9BN2O. The monoisotopic (exact) mass is 244 g/mol. The molecule has 2 N–H and O–H groups in total. The number of aromatic amines is 2. The molecular weight excluding hydrogens is 235 g/mol. The lowest BCUT2D eigenvalue weighted by Gasteiger charge is -1.98. The first-order chi connectivity index (χ1) is 9.24. The van der Waals surface area contributed by atoms with E-state index < -0.39 is 0 Å². The molecule has 88 valence electrons. The zero-order valence-electron chi connectivity index (χ0n) is 10.0. The van der Waals surface area contributed by atoms with Crippen LogP contribution in [0.4, 0.5) is 0 Å². The van der Waals surface area contributed by atoms with Crippen LogP contribution >= 0.6 is 0 Å². The van der Waals surface area contributed by atoms with Crippen LogP contribution in [0.15, 0.2) is 47.3 Å². The second-order valence-electron chi connectivity index (χ2n) is 4.68. The summed E-state index contributed by atoms with van der Waals surface area (Å²) in [7, 11) is 5.82. The van der Waals surface area contributed by atoms with Crippen LogP contribution in [0.2, 0.25) is 0 Å². The average Bonchev–Trinajstić information content (AvgIpc) is 2.78. The van der Waals surface area contributed by atoms with Crippen molar-refractivity contribution in [3.8, 4) is 0 Å². The number of nitrogens with one attached hydrogen (secondary N) is 2. The van der Waals surface area contributed by atoms with Gasteiger partial charge in [-0.1, -0.05) is 35.8 Å². The molecule has 4 rings (SSSR count). The zero-order chi connectivity index (χ0) is 13.0. The minimum atomic E-state index is -0.0774. The molecule has 0 saturated carbocycles. The van der Waals surface area contributed by atoms with Crippen LogP contribution in [0.25, 0.3) is 32.7 Å². The Labute approximate surface area is 109 Å². The number of aromatic nitrogens is 2. The quantitative estimate of drug-likeness (QED) is 0.456. The molecule has 0 spiro atoms. The van der Waals surface area contributed by atoms with Crippen LogP contribution in [-0.2, 0) is 0 Å². The van der Waals surface area contributed by atoms with E-state index >= 15 is 0 Å². The second kappa shape index (κ2) is 3.51. The van der Waals surface area contributed by atoms with Gasteiger partial charge in [-0.15, -0.1) is 0 Å². The summed E-state index contributed by atoms with van der Waals surface area (Å²) in [6, 6.07) is 13.2. The first-order valence-electron chi connectivity index (χ1n) is 6.06. The third-order valence-corrected chi connectivity index (χ3v) is 3.50. The van der Waals surface area contributed by atoms with Gasteiger partial charge in [0, 0.05) is 21.7 Å². The van der Waals surface area contributed by atoms with Gasteiger partial charge in [-0.05, 0) is 12.1 Å². The van der Waals surface area contributed by atoms with E-state index in [0.717, 1.165) is 27.3 Å². The van der Waals surface area contributed by atoms with Crippen molar-refractivity contribution in [1.82, 2.24) is 9.97 Å². The van der Waals surface area contributed by atoms with Crippen LogP contribution < -0.4 is 11.0 Å². The van der Waals surface area contributed by atoms with E-state index in [9.17, 15) is 4.79 Å². The highest BCUT2D eigenvalue weighted by Gasteiger charge is 2.10. The fraction of sp³-hybridized carbons (Fsp3) is 0. The molecule has 0 bridgehead atoms. The molecule has 0 aliphatic carbocycles. The summed E-state index contributed by atoms with van der Waals surface area (Å²) < 4.78 is 0. The molecule has 4 heteroatoms. The number of hydrogen-bond acceptors (Lipinski definition) is 1. The molecule has 0 saturated heterocycles. The van der Waals surface area contributed by atoms with Crippen LogP contribution in [0.1, 0.15) is 0 Å². The van der Waals surface area contributed by atoms with Gasteiger partial charge >= 0.3 is 0 Å². The van der Waals surface area contributed by atoms with Gasteiger partial charge in [0.25, 0.3) is 5.56 Å². The van der Waals surface area contributed by atoms with E-state index in [-0.39, 0.29) is 5.56 Å². The number of fused-ring (bicyclic) bond motifs is 5. The number of rotatable bonds is 0. The summed E-state index contributed by atoms with van der Waals surface area (Å²) in [5.74, 6) is 0. The molecule has 2 aromatic heterocycles. The molecule has 0 aliphatic rings. The van der Waals surface area contributed by atoms with Gasteiger partial charge in [-0.3, -0.25) is 4.79 Å². The van der Waals surface area contributed by atoms with Crippen molar-refractivity contribution in [2.24, 2.45) is 0 Å². The van der Waals surface area contributed by atoms with Crippen molar-refractivity contribution in [2.45, 2.75) is 0 Å². The van der Waals surface area contributed by atoms with Crippen LogP contribution in [0, 0.1) is 0 Å². The summed E-state index contributed by atoms with van der Waals surface area (Å²) in [4.78, 5) is 18.4. The van der Waals surface area contributed by atoms with E-state index in [1.54, 1.807) is 0 Å². The maximum Gasteiger partial charge on any atom is 0.256 e. The van der Waals surface area contributed by atoms with Crippen molar-refractivity contribution < 1.29 is 0 Å². The van der Waals surface area contributed by atoms with Crippen LogP contribution in [0.3, 0.4) is 0 Å². The van der Waals surface area contributed by atoms with Gasteiger partial charge in [0.15, 0.2) is 0 Å². The third kappa shape index (κ3) is 1.37. The van der Waals surface area contributed by atoms with Crippen molar-refractivity contribution in [1.29, 1.82) is 0 Å². The highest BCUT2D eigenvalue weighted by molar-refractivity contribution is 6.34. The Kier molecular flexibility index (Phi) is 1.93. The van der Waals surface area contributed by atoms with Gasteiger partial charge in [0.05, 0.1) is 11.0 Å². The topological polar surface area (TPSA) is 48.6 Å². The molecule has 0 fully saturated rings. The lowest BCUT2D eigenvalue weighted by atomic mass is 9.95. The number of pyridine rings is 1. The van der Waals surface area contributed by atoms with Gasteiger partial charge < -0.3 is 9.97 Å². The summed E-state index contributed by atoms with van der Waals surface area (Å²) in [5.41, 5.74) is 3.33. The molecule has 0 amide bonds. The number of H-pyrrole nitrogens is 2. The van der Waals surface area contributed by atoms with Gasteiger partial charge in [0.1, 0.15) is 7.85 Å². The Morgan fingerprint density at radius 1 is 0.842 bits per heavy atom. The van der Waals surface area contributed by atoms with E-state index in [1.165, 1.54) is 0 Å². The standard InChI is InChI=1S/C15H9BN2O/c16-8-5-6-12-11(7-8)14-13(17-12)9-3-1-2-4-10(9)15(19)18-14/h1-7,17H,(H,18,19).